The van der Waals surface area contributed by atoms with Gasteiger partial charge in [0.2, 0.25) is 0 Å². The number of phenolic OH excluding ortho intramolecular Hbond substituents is 1. The van der Waals surface area contributed by atoms with Gasteiger partial charge in [0.25, 0.3) is 5.91 Å². The lowest BCUT2D eigenvalue weighted by Gasteiger charge is -2.16. The highest BCUT2D eigenvalue weighted by Crippen LogP contribution is 2.15. The van der Waals surface area contributed by atoms with Crippen molar-refractivity contribution in [3.63, 3.8) is 0 Å². The third kappa shape index (κ3) is 3.57. The Kier molecular flexibility index (Phi) is 4.35. The molecule has 0 aromatic heterocycles. The van der Waals surface area contributed by atoms with E-state index in [4.69, 9.17) is 0 Å². The highest BCUT2D eigenvalue weighted by molar-refractivity contribution is 5.96. The summed E-state index contributed by atoms with van der Waals surface area (Å²) in [5.74, 6) is 0.350. The largest absolute Gasteiger partial charge is 0.507 e. The van der Waals surface area contributed by atoms with E-state index in [-0.39, 0.29) is 17.7 Å². The Hall–Kier alpha value is -1.51. The van der Waals surface area contributed by atoms with Crippen molar-refractivity contribution in [1.82, 2.24) is 5.32 Å². The maximum atomic E-state index is 11.8. The number of carbonyl (C=O) groups is 1. The molecule has 0 saturated carbocycles. The van der Waals surface area contributed by atoms with E-state index in [9.17, 15) is 9.90 Å². The summed E-state index contributed by atoms with van der Waals surface area (Å²) < 4.78 is 0. The van der Waals surface area contributed by atoms with Gasteiger partial charge in [0.15, 0.2) is 0 Å². The molecule has 1 atom stereocenters. The molecule has 1 unspecified atom stereocenters. The molecule has 0 saturated heterocycles. The Morgan fingerprint density at radius 1 is 1.31 bits per heavy atom. The van der Waals surface area contributed by atoms with Crippen LogP contribution in [0.2, 0.25) is 0 Å². The maximum absolute atomic E-state index is 11.8. The third-order valence-electron chi connectivity index (χ3n) is 2.35. The van der Waals surface area contributed by atoms with E-state index in [0.717, 1.165) is 6.42 Å². The Balaban J connectivity index is 2.63. The molecule has 0 heterocycles. The van der Waals surface area contributed by atoms with Crippen molar-refractivity contribution in [3.8, 4) is 5.75 Å². The molecule has 0 aliphatic heterocycles. The second kappa shape index (κ2) is 5.54. The van der Waals surface area contributed by atoms with Crippen LogP contribution in [0, 0.1) is 5.92 Å². The van der Waals surface area contributed by atoms with Crippen LogP contribution in [0.15, 0.2) is 24.3 Å². The second-order valence-electron chi connectivity index (χ2n) is 4.52. The molecule has 1 aromatic rings. The van der Waals surface area contributed by atoms with Crippen LogP contribution in [0.3, 0.4) is 0 Å². The fraction of sp³-hybridized carbons (Fsp3) is 0.462. The van der Waals surface area contributed by atoms with E-state index >= 15 is 0 Å². The second-order valence-corrected chi connectivity index (χ2v) is 4.52. The van der Waals surface area contributed by atoms with Gasteiger partial charge < -0.3 is 10.4 Å². The van der Waals surface area contributed by atoms with E-state index in [1.807, 2.05) is 6.92 Å². The first-order valence-corrected chi connectivity index (χ1v) is 5.59. The number of aromatic hydroxyl groups is 1. The molecule has 1 amide bonds. The maximum Gasteiger partial charge on any atom is 0.255 e. The molecule has 0 fully saturated rings. The van der Waals surface area contributed by atoms with Gasteiger partial charge >= 0.3 is 0 Å². The smallest absolute Gasteiger partial charge is 0.255 e. The van der Waals surface area contributed by atoms with Gasteiger partial charge in [-0.2, -0.15) is 0 Å². The van der Waals surface area contributed by atoms with E-state index in [2.05, 4.69) is 19.2 Å². The number of benzene rings is 1. The number of para-hydroxylation sites is 1. The Labute approximate surface area is 96.5 Å². The highest BCUT2D eigenvalue weighted by atomic mass is 16.3. The Morgan fingerprint density at radius 2 is 1.94 bits per heavy atom. The number of phenols is 1. The number of carbonyl (C=O) groups excluding carboxylic acids is 1. The van der Waals surface area contributed by atoms with Crippen LogP contribution in [0.5, 0.6) is 5.75 Å². The molecule has 2 N–H and O–H groups in total. The number of rotatable bonds is 4. The van der Waals surface area contributed by atoms with Crippen LogP contribution in [0.25, 0.3) is 0 Å². The predicted molar refractivity (Wildman–Crippen MR) is 64.5 cm³/mol. The SMILES string of the molecule is CC(C)CC(C)NC(=O)c1ccccc1O. The lowest BCUT2D eigenvalue weighted by molar-refractivity contribution is 0.0933. The summed E-state index contributed by atoms with van der Waals surface area (Å²) in [6.07, 6.45) is 0.930. The van der Waals surface area contributed by atoms with Crippen molar-refractivity contribution >= 4 is 5.91 Å². The number of nitrogens with one attached hydrogen (secondary N) is 1. The zero-order valence-corrected chi connectivity index (χ0v) is 10.0. The van der Waals surface area contributed by atoms with Crippen molar-refractivity contribution in [1.29, 1.82) is 0 Å². The summed E-state index contributed by atoms with van der Waals surface area (Å²) >= 11 is 0. The van der Waals surface area contributed by atoms with Gasteiger partial charge in [-0.25, -0.2) is 0 Å². The van der Waals surface area contributed by atoms with Gasteiger partial charge in [0.1, 0.15) is 5.75 Å². The lowest BCUT2D eigenvalue weighted by atomic mass is 10.0. The van der Waals surface area contributed by atoms with Crippen LogP contribution < -0.4 is 5.32 Å². The van der Waals surface area contributed by atoms with Crippen molar-refractivity contribution in [2.75, 3.05) is 0 Å². The zero-order valence-electron chi connectivity index (χ0n) is 10.0. The van der Waals surface area contributed by atoms with Gasteiger partial charge in [0.05, 0.1) is 5.56 Å². The van der Waals surface area contributed by atoms with Crippen LogP contribution in [0.4, 0.5) is 0 Å². The molecular formula is C13H19NO2. The van der Waals surface area contributed by atoms with Crippen molar-refractivity contribution in [2.45, 2.75) is 33.2 Å². The van der Waals surface area contributed by atoms with Gasteiger partial charge in [-0.05, 0) is 31.4 Å². The fourth-order valence-electron chi connectivity index (χ4n) is 1.73. The summed E-state index contributed by atoms with van der Waals surface area (Å²) in [6, 6.07) is 6.69. The molecule has 0 aliphatic rings. The van der Waals surface area contributed by atoms with Crippen LogP contribution in [0.1, 0.15) is 37.6 Å². The van der Waals surface area contributed by atoms with E-state index < -0.39 is 0 Å². The third-order valence-corrected chi connectivity index (χ3v) is 2.35. The first-order valence-electron chi connectivity index (χ1n) is 5.59. The molecule has 88 valence electrons. The molecule has 1 rings (SSSR count). The molecule has 3 nitrogen and oxygen atoms in total. The fourth-order valence-corrected chi connectivity index (χ4v) is 1.73. The number of hydrogen-bond acceptors (Lipinski definition) is 2. The molecule has 16 heavy (non-hydrogen) atoms. The first-order chi connectivity index (χ1) is 7.50. The van der Waals surface area contributed by atoms with Crippen LogP contribution >= 0.6 is 0 Å². The number of amides is 1. The minimum absolute atomic E-state index is 0.0248. The lowest BCUT2D eigenvalue weighted by Crippen LogP contribution is -2.33. The zero-order chi connectivity index (χ0) is 12.1. The van der Waals surface area contributed by atoms with Gasteiger partial charge in [-0.15, -0.1) is 0 Å². The topological polar surface area (TPSA) is 49.3 Å². The normalized spacial score (nSPS) is 12.5. The molecule has 0 radical (unpaired) electrons. The summed E-state index contributed by atoms with van der Waals surface area (Å²) in [7, 11) is 0. The molecule has 1 aromatic carbocycles. The Bertz CT molecular complexity index is 361. The molecule has 0 bridgehead atoms. The molecule has 0 spiro atoms. The molecule has 0 aliphatic carbocycles. The molecular weight excluding hydrogens is 202 g/mol. The summed E-state index contributed by atoms with van der Waals surface area (Å²) in [5.41, 5.74) is 0.332. The van der Waals surface area contributed by atoms with Gasteiger partial charge in [0, 0.05) is 6.04 Å². The van der Waals surface area contributed by atoms with Gasteiger partial charge in [-0.3, -0.25) is 4.79 Å². The quantitative estimate of drug-likeness (QED) is 0.821. The summed E-state index contributed by atoms with van der Waals surface area (Å²) in [4.78, 5) is 11.8. The van der Waals surface area contributed by atoms with Crippen molar-refractivity contribution in [3.05, 3.63) is 29.8 Å². The Morgan fingerprint density at radius 3 is 2.50 bits per heavy atom. The average Bonchev–Trinajstić information content (AvgIpc) is 2.16. The average molecular weight is 221 g/mol. The minimum Gasteiger partial charge on any atom is -0.507 e. The van der Waals surface area contributed by atoms with E-state index in [1.54, 1.807) is 18.2 Å². The van der Waals surface area contributed by atoms with E-state index in [0.29, 0.717) is 11.5 Å². The van der Waals surface area contributed by atoms with Crippen molar-refractivity contribution < 1.29 is 9.90 Å². The predicted octanol–water partition coefficient (Wildman–Crippen LogP) is 2.56. The van der Waals surface area contributed by atoms with Crippen LogP contribution in [-0.2, 0) is 0 Å². The monoisotopic (exact) mass is 221 g/mol. The molecule has 3 heteroatoms. The van der Waals surface area contributed by atoms with Gasteiger partial charge in [-0.1, -0.05) is 26.0 Å². The summed E-state index contributed by atoms with van der Waals surface area (Å²) in [6.45, 7) is 6.20. The summed E-state index contributed by atoms with van der Waals surface area (Å²) in [5, 5.41) is 12.4. The van der Waals surface area contributed by atoms with E-state index in [1.165, 1.54) is 6.07 Å². The number of hydrogen-bond donors (Lipinski definition) is 2. The van der Waals surface area contributed by atoms with Crippen molar-refractivity contribution in [2.24, 2.45) is 5.92 Å². The standard InChI is InChI=1S/C13H19NO2/c1-9(2)8-10(3)14-13(16)11-6-4-5-7-12(11)15/h4-7,9-10,15H,8H2,1-3H3,(H,14,16). The first kappa shape index (κ1) is 12.6. The van der Waals surface area contributed by atoms with Crippen LogP contribution in [-0.4, -0.2) is 17.1 Å². The highest BCUT2D eigenvalue weighted by Gasteiger charge is 2.13. The minimum atomic E-state index is -0.216.